The Hall–Kier alpha value is -2.74. The molecule has 0 fully saturated rings. The summed E-state index contributed by atoms with van der Waals surface area (Å²) in [7, 11) is 0. The van der Waals surface area contributed by atoms with Crippen LogP contribution in [0.2, 0.25) is 0 Å². The molecule has 0 radical (unpaired) electrons. The number of halogens is 1. The molecule has 0 aliphatic rings. The van der Waals surface area contributed by atoms with Crippen molar-refractivity contribution in [3.8, 4) is 11.5 Å². The Morgan fingerprint density at radius 1 is 1.21 bits per heavy atom. The van der Waals surface area contributed by atoms with E-state index in [2.05, 4.69) is 10.2 Å². The predicted octanol–water partition coefficient (Wildman–Crippen LogP) is 4.64. The van der Waals surface area contributed by atoms with Gasteiger partial charge in [0.2, 0.25) is 5.89 Å². The van der Waals surface area contributed by atoms with Gasteiger partial charge in [-0.2, -0.15) is 0 Å². The highest BCUT2D eigenvalue weighted by Crippen LogP contribution is 2.36. The van der Waals surface area contributed by atoms with Gasteiger partial charge >= 0.3 is 0 Å². The van der Waals surface area contributed by atoms with E-state index in [-0.39, 0.29) is 16.8 Å². The van der Waals surface area contributed by atoms with E-state index in [1.165, 1.54) is 36.0 Å². The monoisotopic (exact) mass is 345 g/mol. The van der Waals surface area contributed by atoms with Gasteiger partial charge in [-0.05, 0) is 36.8 Å². The molecule has 6 nitrogen and oxygen atoms in total. The molecule has 0 aliphatic heterocycles. The number of nitrogens with zero attached hydrogens (tertiary/aromatic N) is 3. The highest BCUT2D eigenvalue weighted by molar-refractivity contribution is 7.99. The van der Waals surface area contributed by atoms with E-state index in [0.29, 0.717) is 16.7 Å². The summed E-state index contributed by atoms with van der Waals surface area (Å²) in [6.45, 7) is 1.89. The lowest BCUT2D eigenvalue weighted by molar-refractivity contribution is -0.384. The summed E-state index contributed by atoms with van der Waals surface area (Å²) >= 11 is 1.30. The molecule has 3 aromatic rings. The maximum Gasteiger partial charge on any atom is 0.277 e. The van der Waals surface area contributed by atoms with Gasteiger partial charge < -0.3 is 4.42 Å². The number of benzene rings is 2. The van der Waals surface area contributed by atoms with Crippen LogP contribution in [0.4, 0.5) is 10.1 Å². The molecular weight excluding hydrogens is 333 g/mol. The number of hydrogen-bond acceptors (Lipinski definition) is 6. The molecule has 1 aromatic heterocycles. The highest BCUT2D eigenvalue weighted by atomic mass is 32.2. The normalized spacial score (nSPS) is 12.1. The zero-order valence-electron chi connectivity index (χ0n) is 12.5. The summed E-state index contributed by atoms with van der Waals surface area (Å²) in [6, 6.07) is 12.2. The molecule has 0 amide bonds. The minimum atomic E-state index is -0.430. The first kappa shape index (κ1) is 16.1. The molecule has 8 heteroatoms. The molecule has 1 heterocycles. The van der Waals surface area contributed by atoms with Gasteiger partial charge in [-0.1, -0.05) is 23.9 Å². The fourth-order valence-electron chi connectivity index (χ4n) is 2.08. The molecule has 3 rings (SSSR count). The molecule has 0 unspecified atom stereocenters. The molecule has 0 N–H and O–H groups in total. The van der Waals surface area contributed by atoms with Crippen molar-refractivity contribution in [2.45, 2.75) is 17.4 Å². The number of hydrogen-bond donors (Lipinski definition) is 0. The van der Waals surface area contributed by atoms with Crippen LogP contribution >= 0.6 is 11.8 Å². The SMILES string of the molecule is C[C@H](Sc1nnc(-c2ccc(F)cc2)o1)c1cccc([N+](=O)[O-])c1. The number of thioether (sulfide) groups is 1. The standard InChI is InChI=1S/C16H12FN3O3S/c1-10(12-3-2-4-14(9-12)20(21)22)24-16-19-18-15(23-16)11-5-7-13(17)8-6-11/h2-10H,1H3/t10-/m0/s1. The number of nitro groups is 1. The fraction of sp³-hybridized carbons (Fsp3) is 0.125. The van der Waals surface area contributed by atoms with Crippen LogP contribution in [0.15, 0.2) is 58.2 Å². The number of non-ortho nitro benzene ring substituents is 1. The molecule has 1 atom stereocenters. The van der Waals surface area contributed by atoms with Crippen LogP contribution in [0.1, 0.15) is 17.7 Å². The summed E-state index contributed by atoms with van der Waals surface area (Å²) in [6.07, 6.45) is 0. The Labute approximate surface area is 140 Å². The third-order valence-corrected chi connectivity index (χ3v) is 4.32. The van der Waals surface area contributed by atoms with E-state index in [1.807, 2.05) is 13.0 Å². The maximum absolute atomic E-state index is 12.9. The van der Waals surface area contributed by atoms with Crippen molar-refractivity contribution < 1.29 is 13.7 Å². The molecule has 0 bridgehead atoms. The average molecular weight is 345 g/mol. The van der Waals surface area contributed by atoms with Crippen LogP contribution in [0, 0.1) is 15.9 Å². The van der Waals surface area contributed by atoms with E-state index >= 15 is 0 Å². The van der Waals surface area contributed by atoms with Crippen molar-refractivity contribution >= 4 is 17.4 Å². The van der Waals surface area contributed by atoms with Crippen LogP contribution in [-0.2, 0) is 0 Å². The van der Waals surface area contributed by atoms with E-state index in [4.69, 9.17) is 4.42 Å². The van der Waals surface area contributed by atoms with E-state index in [0.717, 1.165) is 5.56 Å². The smallest absolute Gasteiger partial charge is 0.277 e. The fourth-order valence-corrected chi connectivity index (χ4v) is 2.88. The second-order valence-electron chi connectivity index (χ2n) is 4.99. The first-order chi connectivity index (χ1) is 11.5. The second kappa shape index (κ2) is 6.79. The Kier molecular flexibility index (Phi) is 4.57. The van der Waals surface area contributed by atoms with Crippen LogP contribution < -0.4 is 0 Å². The van der Waals surface area contributed by atoms with Crippen molar-refractivity contribution in [1.82, 2.24) is 10.2 Å². The molecule has 122 valence electrons. The Morgan fingerprint density at radius 3 is 2.67 bits per heavy atom. The predicted molar refractivity (Wildman–Crippen MR) is 87.1 cm³/mol. The summed E-state index contributed by atoms with van der Waals surface area (Å²) < 4.78 is 18.5. The second-order valence-corrected chi connectivity index (χ2v) is 6.28. The lowest BCUT2D eigenvalue weighted by Gasteiger charge is -2.08. The van der Waals surface area contributed by atoms with Crippen molar-refractivity contribution in [2.75, 3.05) is 0 Å². The summed E-state index contributed by atoms with van der Waals surface area (Å²) in [5.41, 5.74) is 1.45. The Morgan fingerprint density at radius 2 is 1.96 bits per heavy atom. The number of nitro benzene ring substituents is 1. The number of aromatic nitrogens is 2. The van der Waals surface area contributed by atoms with Crippen molar-refractivity contribution in [3.63, 3.8) is 0 Å². The van der Waals surface area contributed by atoms with Crippen LogP contribution in [0.5, 0.6) is 0 Å². The molecular formula is C16H12FN3O3S. The summed E-state index contributed by atoms with van der Waals surface area (Å²) in [4.78, 5) is 10.4. The van der Waals surface area contributed by atoms with Crippen molar-refractivity contribution in [1.29, 1.82) is 0 Å². The third-order valence-electron chi connectivity index (χ3n) is 3.33. The summed E-state index contributed by atoms with van der Waals surface area (Å²) in [5, 5.41) is 19.0. The molecule has 0 saturated heterocycles. The van der Waals surface area contributed by atoms with Gasteiger partial charge in [0.05, 0.1) is 4.92 Å². The third kappa shape index (κ3) is 3.60. The lowest BCUT2D eigenvalue weighted by atomic mass is 10.1. The van der Waals surface area contributed by atoms with Crippen molar-refractivity contribution in [3.05, 3.63) is 70.0 Å². The van der Waals surface area contributed by atoms with Gasteiger partial charge in [0.15, 0.2) is 0 Å². The van der Waals surface area contributed by atoms with E-state index < -0.39 is 4.92 Å². The van der Waals surface area contributed by atoms with Gasteiger partial charge in [0.25, 0.3) is 10.9 Å². The van der Waals surface area contributed by atoms with Crippen LogP contribution in [0.3, 0.4) is 0 Å². The van der Waals surface area contributed by atoms with Crippen LogP contribution in [0.25, 0.3) is 11.5 Å². The minimum Gasteiger partial charge on any atom is -0.411 e. The average Bonchev–Trinajstić information content (AvgIpc) is 3.04. The van der Waals surface area contributed by atoms with E-state index in [1.54, 1.807) is 18.2 Å². The lowest BCUT2D eigenvalue weighted by Crippen LogP contribution is -1.92. The molecule has 24 heavy (non-hydrogen) atoms. The van der Waals surface area contributed by atoms with Gasteiger partial charge in [0.1, 0.15) is 5.82 Å². The Bertz CT molecular complexity index is 867. The topological polar surface area (TPSA) is 82.1 Å². The van der Waals surface area contributed by atoms with E-state index in [9.17, 15) is 14.5 Å². The zero-order chi connectivity index (χ0) is 17.1. The maximum atomic E-state index is 12.9. The van der Waals surface area contributed by atoms with Gasteiger partial charge in [-0.3, -0.25) is 10.1 Å². The first-order valence-corrected chi connectivity index (χ1v) is 7.91. The molecule has 0 saturated carbocycles. The Balaban J connectivity index is 1.75. The molecule has 0 spiro atoms. The van der Waals surface area contributed by atoms with Gasteiger partial charge in [0, 0.05) is 22.9 Å². The largest absolute Gasteiger partial charge is 0.411 e. The highest BCUT2D eigenvalue weighted by Gasteiger charge is 2.16. The molecule has 2 aromatic carbocycles. The minimum absolute atomic E-state index is 0.0393. The van der Waals surface area contributed by atoms with Crippen molar-refractivity contribution in [2.24, 2.45) is 0 Å². The van der Waals surface area contributed by atoms with Crippen LogP contribution in [-0.4, -0.2) is 15.1 Å². The summed E-state index contributed by atoms with van der Waals surface area (Å²) in [5.74, 6) is -0.0455. The molecule has 0 aliphatic carbocycles. The van der Waals surface area contributed by atoms with Gasteiger partial charge in [-0.25, -0.2) is 4.39 Å². The first-order valence-electron chi connectivity index (χ1n) is 7.03. The quantitative estimate of drug-likeness (QED) is 0.381. The van der Waals surface area contributed by atoms with Gasteiger partial charge in [-0.15, -0.1) is 10.2 Å². The zero-order valence-corrected chi connectivity index (χ0v) is 13.4. The number of rotatable bonds is 5.